The van der Waals surface area contributed by atoms with Crippen LogP contribution in [0, 0.1) is 12.8 Å². The summed E-state index contributed by atoms with van der Waals surface area (Å²) in [7, 11) is 1.74. The molecule has 0 saturated heterocycles. The predicted molar refractivity (Wildman–Crippen MR) is 116 cm³/mol. The minimum Gasteiger partial charge on any atom is -0.356 e. The fraction of sp³-hybridized carbons (Fsp3) is 0.611. The maximum Gasteiger partial charge on any atom is 0.227 e. The maximum absolute atomic E-state index is 11.9. The number of aliphatic imine (C=N–C) groups is 1. The number of guanidine groups is 1. The number of nitrogens with one attached hydrogen (secondary N) is 3. The second-order valence-corrected chi connectivity index (χ2v) is 6.28. The Hall–Kier alpha value is -1.38. The third kappa shape index (κ3) is 11.7. The smallest absolute Gasteiger partial charge is 0.227 e. The Morgan fingerprint density at radius 3 is 2.56 bits per heavy atom. The van der Waals surface area contributed by atoms with E-state index in [0.717, 1.165) is 30.5 Å². The highest BCUT2D eigenvalue weighted by molar-refractivity contribution is 14.0. The summed E-state index contributed by atoms with van der Waals surface area (Å²) in [5, 5.41) is 9.22. The minimum atomic E-state index is -0.0620. The van der Waals surface area contributed by atoms with Crippen molar-refractivity contribution >= 4 is 41.7 Å². The Bertz CT molecular complexity index is 534. The number of rotatable bonds is 9. The lowest BCUT2D eigenvalue weighted by atomic mass is 10.1. The standard InChI is InChI=1S/C18H31N5O.HI/c1-14(2)8-5-6-12-20-18(19-4)21-13-11-17(24)23-16-10-7-9-15(3)22-16;/h7,9-10,14H,5-6,8,11-13H2,1-4H3,(H2,19,20,21)(H,22,23,24);1H. The normalized spacial score (nSPS) is 11.0. The number of carbonyl (C=O) groups excluding carboxylic acids is 1. The summed E-state index contributed by atoms with van der Waals surface area (Å²) in [4.78, 5) is 20.3. The van der Waals surface area contributed by atoms with Gasteiger partial charge in [0.2, 0.25) is 5.91 Å². The minimum absolute atomic E-state index is 0. The number of hydrogen-bond acceptors (Lipinski definition) is 3. The fourth-order valence-electron chi connectivity index (χ4n) is 2.22. The summed E-state index contributed by atoms with van der Waals surface area (Å²) >= 11 is 0. The lowest BCUT2D eigenvalue weighted by Gasteiger charge is -2.12. The monoisotopic (exact) mass is 461 g/mol. The molecule has 0 aliphatic rings. The van der Waals surface area contributed by atoms with Gasteiger partial charge in [-0.05, 0) is 31.4 Å². The lowest BCUT2D eigenvalue weighted by Crippen LogP contribution is -2.39. The van der Waals surface area contributed by atoms with Crippen molar-refractivity contribution in [3.63, 3.8) is 0 Å². The van der Waals surface area contributed by atoms with Gasteiger partial charge in [-0.2, -0.15) is 0 Å². The van der Waals surface area contributed by atoms with Crippen LogP contribution in [-0.2, 0) is 4.79 Å². The van der Waals surface area contributed by atoms with Gasteiger partial charge in [0.25, 0.3) is 0 Å². The number of nitrogens with zero attached hydrogens (tertiary/aromatic N) is 2. The Labute approximate surface area is 168 Å². The van der Waals surface area contributed by atoms with Crippen LogP contribution in [0.3, 0.4) is 0 Å². The second-order valence-electron chi connectivity index (χ2n) is 6.28. The summed E-state index contributed by atoms with van der Waals surface area (Å²) < 4.78 is 0. The molecule has 0 aliphatic carbocycles. The molecule has 1 amide bonds. The average molecular weight is 461 g/mol. The quantitative estimate of drug-likeness (QED) is 0.228. The third-order valence-electron chi connectivity index (χ3n) is 3.52. The van der Waals surface area contributed by atoms with Gasteiger partial charge >= 0.3 is 0 Å². The largest absolute Gasteiger partial charge is 0.356 e. The molecular formula is C18H32IN5O. The molecule has 0 atom stereocenters. The van der Waals surface area contributed by atoms with Crippen molar-refractivity contribution in [2.45, 2.75) is 46.5 Å². The Morgan fingerprint density at radius 1 is 1.20 bits per heavy atom. The van der Waals surface area contributed by atoms with Crippen LogP contribution in [0.2, 0.25) is 0 Å². The number of hydrogen-bond donors (Lipinski definition) is 3. The van der Waals surface area contributed by atoms with Gasteiger partial charge in [0.15, 0.2) is 5.96 Å². The van der Waals surface area contributed by atoms with Crippen LogP contribution in [0.15, 0.2) is 23.2 Å². The van der Waals surface area contributed by atoms with Gasteiger partial charge in [0, 0.05) is 32.3 Å². The topological polar surface area (TPSA) is 78.4 Å². The van der Waals surface area contributed by atoms with E-state index >= 15 is 0 Å². The fourth-order valence-corrected chi connectivity index (χ4v) is 2.22. The van der Waals surface area contributed by atoms with E-state index in [9.17, 15) is 4.79 Å². The van der Waals surface area contributed by atoms with E-state index in [4.69, 9.17) is 0 Å². The number of aromatic nitrogens is 1. The van der Waals surface area contributed by atoms with Crippen LogP contribution in [0.1, 0.15) is 45.2 Å². The molecule has 6 nitrogen and oxygen atoms in total. The van der Waals surface area contributed by atoms with Crippen LogP contribution >= 0.6 is 24.0 Å². The molecule has 7 heteroatoms. The SMILES string of the molecule is CN=C(NCCCCC(C)C)NCCC(=O)Nc1cccc(C)n1.I. The van der Waals surface area contributed by atoms with Gasteiger partial charge in [0.05, 0.1) is 0 Å². The molecule has 0 spiro atoms. The Kier molecular flexibility index (Phi) is 13.1. The highest BCUT2D eigenvalue weighted by atomic mass is 127. The van der Waals surface area contributed by atoms with E-state index < -0.39 is 0 Å². The van der Waals surface area contributed by atoms with Crippen LogP contribution < -0.4 is 16.0 Å². The summed E-state index contributed by atoms with van der Waals surface area (Å²) in [5.41, 5.74) is 0.882. The van der Waals surface area contributed by atoms with Gasteiger partial charge in [-0.15, -0.1) is 24.0 Å². The van der Waals surface area contributed by atoms with Crippen molar-refractivity contribution in [2.24, 2.45) is 10.9 Å². The maximum atomic E-state index is 11.9. The first-order valence-electron chi connectivity index (χ1n) is 8.69. The molecule has 0 saturated carbocycles. The first kappa shape index (κ1) is 23.6. The number of pyridine rings is 1. The van der Waals surface area contributed by atoms with Crippen molar-refractivity contribution < 1.29 is 4.79 Å². The highest BCUT2D eigenvalue weighted by Crippen LogP contribution is 2.05. The summed E-state index contributed by atoms with van der Waals surface area (Å²) in [6, 6.07) is 5.56. The van der Waals surface area contributed by atoms with Crippen molar-refractivity contribution in [1.29, 1.82) is 0 Å². The van der Waals surface area contributed by atoms with E-state index in [1.807, 2.05) is 19.1 Å². The van der Waals surface area contributed by atoms with Crippen LogP contribution in [0.4, 0.5) is 5.82 Å². The average Bonchev–Trinajstić information content (AvgIpc) is 2.52. The number of halogens is 1. The van der Waals surface area contributed by atoms with Gasteiger partial charge in [-0.25, -0.2) is 4.98 Å². The molecule has 1 heterocycles. The van der Waals surface area contributed by atoms with E-state index in [0.29, 0.717) is 18.8 Å². The van der Waals surface area contributed by atoms with Gasteiger partial charge in [-0.1, -0.05) is 32.8 Å². The van der Waals surface area contributed by atoms with E-state index in [-0.39, 0.29) is 29.9 Å². The van der Waals surface area contributed by atoms with Crippen LogP contribution in [0.5, 0.6) is 0 Å². The van der Waals surface area contributed by atoms with Gasteiger partial charge < -0.3 is 16.0 Å². The number of carbonyl (C=O) groups is 1. The van der Waals surface area contributed by atoms with Gasteiger partial charge in [-0.3, -0.25) is 9.79 Å². The zero-order chi connectivity index (χ0) is 17.8. The summed E-state index contributed by atoms with van der Waals surface area (Å²) in [5.74, 6) is 2.02. The van der Waals surface area contributed by atoms with Crippen LogP contribution in [0.25, 0.3) is 0 Å². The van der Waals surface area contributed by atoms with Crippen molar-refractivity contribution in [3.8, 4) is 0 Å². The molecule has 3 N–H and O–H groups in total. The Morgan fingerprint density at radius 2 is 1.92 bits per heavy atom. The molecule has 142 valence electrons. The number of amides is 1. The third-order valence-corrected chi connectivity index (χ3v) is 3.52. The van der Waals surface area contributed by atoms with E-state index in [1.165, 1.54) is 12.8 Å². The Balaban J connectivity index is 0.00000576. The van der Waals surface area contributed by atoms with E-state index in [2.05, 4.69) is 39.8 Å². The summed E-state index contributed by atoms with van der Waals surface area (Å²) in [6.07, 6.45) is 3.95. The summed E-state index contributed by atoms with van der Waals surface area (Å²) in [6.45, 7) is 7.81. The highest BCUT2D eigenvalue weighted by Gasteiger charge is 2.04. The van der Waals surface area contributed by atoms with Crippen molar-refractivity contribution in [1.82, 2.24) is 15.6 Å². The van der Waals surface area contributed by atoms with E-state index in [1.54, 1.807) is 13.1 Å². The zero-order valence-electron chi connectivity index (χ0n) is 15.8. The molecule has 25 heavy (non-hydrogen) atoms. The predicted octanol–water partition coefficient (Wildman–Crippen LogP) is 3.33. The van der Waals surface area contributed by atoms with Crippen molar-refractivity contribution in [2.75, 3.05) is 25.5 Å². The van der Waals surface area contributed by atoms with Gasteiger partial charge in [0.1, 0.15) is 5.82 Å². The molecule has 0 aromatic carbocycles. The second kappa shape index (κ2) is 13.9. The molecule has 0 fully saturated rings. The molecule has 0 radical (unpaired) electrons. The molecule has 1 aromatic heterocycles. The number of unbranched alkanes of at least 4 members (excludes halogenated alkanes) is 1. The zero-order valence-corrected chi connectivity index (χ0v) is 18.1. The van der Waals surface area contributed by atoms with Crippen LogP contribution in [-0.4, -0.2) is 37.0 Å². The first-order valence-corrected chi connectivity index (χ1v) is 8.69. The first-order chi connectivity index (χ1) is 11.5. The number of aryl methyl sites for hydroxylation is 1. The molecular weight excluding hydrogens is 429 g/mol. The molecule has 1 aromatic rings. The number of anilines is 1. The molecule has 1 rings (SSSR count). The molecule has 0 bridgehead atoms. The lowest BCUT2D eigenvalue weighted by molar-refractivity contribution is -0.116. The molecule has 0 aliphatic heterocycles. The molecule has 0 unspecified atom stereocenters. The van der Waals surface area contributed by atoms with Crippen molar-refractivity contribution in [3.05, 3.63) is 23.9 Å².